The Kier molecular flexibility index (Phi) is 5.52. The molecule has 0 aromatic heterocycles. The molecule has 5 rings (SSSR count). The number of methoxy groups -OCH3 is 1. The number of Topliss-reactive ketones (excluding diaryl/α,β-unsaturated/α-hetero) is 1. The summed E-state index contributed by atoms with van der Waals surface area (Å²) in [5, 5.41) is 23.8. The third-order valence-electron chi connectivity index (χ3n) is 6.72. The number of ketones is 1. The smallest absolute Gasteiger partial charge is 0.270 e. The highest BCUT2D eigenvalue weighted by Gasteiger charge is 2.59. The third-order valence-corrected chi connectivity index (χ3v) is 6.72. The van der Waals surface area contributed by atoms with E-state index in [0.717, 1.165) is 5.56 Å². The Hall–Kier alpha value is -4.53. The zero-order valence-corrected chi connectivity index (χ0v) is 18.7. The average molecular weight is 471 g/mol. The molecule has 0 saturated carbocycles. The molecule has 0 bridgehead atoms. The first-order valence-electron chi connectivity index (χ1n) is 11.0. The number of nitro benzene ring substituents is 1. The molecule has 0 N–H and O–H groups in total. The number of nitrogens with zero attached hydrogens (tertiary/aromatic N) is 3. The molecule has 1 saturated heterocycles. The Balaban J connectivity index is 1.70. The van der Waals surface area contributed by atoms with E-state index in [-0.39, 0.29) is 16.2 Å². The lowest BCUT2D eigenvalue weighted by atomic mass is 9.83. The fourth-order valence-electron chi connectivity index (χ4n) is 5.20. The van der Waals surface area contributed by atoms with E-state index in [1.807, 2.05) is 30.3 Å². The molecular formula is C26H21N3O6. The van der Waals surface area contributed by atoms with Gasteiger partial charge in [0, 0.05) is 28.3 Å². The van der Waals surface area contributed by atoms with Crippen LogP contribution in [0.3, 0.4) is 0 Å². The number of carbonyl (C=O) groups excluding carboxylic acids is 1. The van der Waals surface area contributed by atoms with E-state index >= 15 is 0 Å². The summed E-state index contributed by atoms with van der Waals surface area (Å²) in [7, 11) is 1.53. The predicted octanol–water partition coefficient (Wildman–Crippen LogP) is 4.50. The molecule has 2 heterocycles. The largest absolute Gasteiger partial charge is 0.497 e. The van der Waals surface area contributed by atoms with Gasteiger partial charge >= 0.3 is 0 Å². The number of para-hydroxylation sites is 1. The van der Waals surface area contributed by atoms with Gasteiger partial charge < -0.3 is 9.64 Å². The van der Waals surface area contributed by atoms with Gasteiger partial charge in [0.15, 0.2) is 5.78 Å². The van der Waals surface area contributed by atoms with Crippen molar-refractivity contribution in [2.45, 2.75) is 24.0 Å². The molecule has 0 aliphatic carbocycles. The number of benzene rings is 3. The molecule has 3 aromatic carbocycles. The van der Waals surface area contributed by atoms with Crippen molar-refractivity contribution in [2.75, 3.05) is 12.0 Å². The first-order valence-corrected chi connectivity index (χ1v) is 11.0. The van der Waals surface area contributed by atoms with E-state index in [4.69, 9.17) is 4.74 Å². The molecular weight excluding hydrogens is 450 g/mol. The number of fused-ring (bicyclic) bond motifs is 3. The Bertz CT molecular complexity index is 1350. The number of hydrogen-bond acceptors (Lipinski definition) is 7. The maximum atomic E-state index is 14.0. The van der Waals surface area contributed by atoms with Gasteiger partial charge in [0.1, 0.15) is 17.8 Å². The number of hydrogen-bond donors (Lipinski definition) is 0. The van der Waals surface area contributed by atoms with Crippen LogP contribution in [0.15, 0.2) is 78.9 Å². The summed E-state index contributed by atoms with van der Waals surface area (Å²) in [6.45, 7) is 0. The number of rotatable bonds is 6. The second-order valence-corrected chi connectivity index (χ2v) is 8.51. The summed E-state index contributed by atoms with van der Waals surface area (Å²) >= 11 is 0. The van der Waals surface area contributed by atoms with Gasteiger partial charge in [-0.3, -0.25) is 25.0 Å². The van der Waals surface area contributed by atoms with Crippen LogP contribution in [0.25, 0.3) is 6.08 Å². The Labute approximate surface area is 200 Å². The van der Waals surface area contributed by atoms with E-state index in [1.54, 1.807) is 35.2 Å². The Morgan fingerprint density at radius 2 is 1.71 bits per heavy atom. The molecule has 2 aliphatic rings. The molecule has 2 aliphatic heterocycles. The van der Waals surface area contributed by atoms with Crippen molar-refractivity contribution < 1.29 is 19.4 Å². The molecule has 9 heteroatoms. The van der Waals surface area contributed by atoms with Crippen molar-refractivity contribution >= 4 is 23.2 Å². The van der Waals surface area contributed by atoms with E-state index in [0.29, 0.717) is 17.0 Å². The highest BCUT2D eigenvalue weighted by molar-refractivity contribution is 6.04. The summed E-state index contributed by atoms with van der Waals surface area (Å²) in [6, 6.07) is 17.1. The average Bonchev–Trinajstić information content (AvgIpc) is 3.24. The van der Waals surface area contributed by atoms with Gasteiger partial charge in [-0.1, -0.05) is 54.6 Å². The topological polar surface area (TPSA) is 116 Å². The van der Waals surface area contributed by atoms with Crippen molar-refractivity contribution in [3.63, 3.8) is 0 Å². The number of ether oxygens (including phenoxy) is 1. The standard InChI is InChI=1S/C26H21N3O6/c1-35-20-12-9-17(10-13-20)23-24(29(33)34)22-14-11-16-5-2-3-8-21(16)27(22)25(23)26(30)18-6-4-7-19(15-18)28(31)32/h2-15,22-25H,1H3/t22-,23-,24+,25-/m0/s1. The molecule has 176 valence electrons. The van der Waals surface area contributed by atoms with Gasteiger partial charge in [0.2, 0.25) is 6.04 Å². The molecule has 35 heavy (non-hydrogen) atoms. The van der Waals surface area contributed by atoms with Crippen LogP contribution >= 0.6 is 0 Å². The van der Waals surface area contributed by atoms with Crippen molar-refractivity contribution in [3.05, 3.63) is 116 Å². The fraction of sp³-hybridized carbons (Fsp3) is 0.192. The zero-order chi connectivity index (χ0) is 24.7. The van der Waals surface area contributed by atoms with Gasteiger partial charge in [-0.2, -0.15) is 0 Å². The first kappa shape index (κ1) is 22.3. The van der Waals surface area contributed by atoms with Crippen molar-refractivity contribution in [3.8, 4) is 5.75 Å². The molecule has 3 aromatic rings. The van der Waals surface area contributed by atoms with E-state index in [1.165, 1.54) is 31.4 Å². The lowest BCUT2D eigenvalue weighted by molar-refractivity contribution is -0.524. The molecule has 0 unspecified atom stereocenters. The van der Waals surface area contributed by atoms with E-state index in [2.05, 4.69) is 0 Å². The van der Waals surface area contributed by atoms with Gasteiger partial charge in [-0.25, -0.2) is 0 Å². The first-order chi connectivity index (χ1) is 16.9. The summed E-state index contributed by atoms with van der Waals surface area (Å²) in [6.07, 6.45) is 3.62. The van der Waals surface area contributed by atoms with Crippen LogP contribution < -0.4 is 9.64 Å². The normalized spacial score (nSPS) is 22.3. The molecule has 4 atom stereocenters. The lowest BCUT2D eigenvalue weighted by Crippen LogP contribution is -2.44. The van der Waals surface area contributed by atoms with Crippen LogP contribution in [0.5, 0.6) is 5.75 Å². The summed E-state index contributed by atoms with van der Waals surface area (Å²) < 4.78 is 5.24. The second kappa shape index (κ2) is 8.68. The third kappa shape index (κ3) is 3.71. The maximum Gasteiger partial charge on any atom is 0.270 e. The van der Waals surface area contributed by atoms with Gasteiger partial charge in [0.05, 0.1) is 18.0 Å². The van der Waals surface area contributed by atoms with Crippen LogP contribution in [-0.4, -0.2) is 40.9 Å². The van der Waals surface area contributed by atoms with Crippen LogP contribution in [0.2, 0.25) is 0 Å². The summed E-state index contributed by atoms with van der Waals surface area (Å²) in [4.78, 5) is 38.7. The molecule has 1 fully saturated rings. The predicted molar refractivity (Wildman–Crippen MR) is 129 cm³/mol. The molecule has 0 amide bonds. The summed E-state index contributed by atoms with van der Waals surface area (Å²) in [5.74, 6) is -0.619. The number of anilines is 1. The maximum absolute atomic E-state index is 14.0. The molecule has 0 spiro atoms. The van der Waals surface area contributed by atoms with Gasteiger partial charge in [-0.15, -0.1) is 0 Å². The molecule has 0 radical (unpaired) electrons. The van der Waals surface area contributed by atoms with Crippen LogP contribution in [-0.2, 0) is 0 Å². The second-order valence-electron chi connectivity index (χ2n) is 8.51. The highest BCUT2D eigenvalue weighted by Crippen LogP contribution is 2.47. The van der Waals surface area contributed by atoms with Gasteiger partial charge in [-0.05, 0) is 29.3 Å². The minimum absolute atomic E-state index is 0.137. The summed E-state index contributed by atoms with van der Waals surface area (Å²) in [5.41, 5.74) is 2.11. The van der Waals surface area contributed by atoms with Crippen molar-refractivity contribution in [1.29, 1.82) is 0 Å². The van der Waals surface area contributed by atoms with Crippen molar-refractivity contribution in [1.82, 2.24) is 0 Å². The molecule has 9 nitrogen and oxygen atoms in total. The highest BCUT2D eigenvalue weighted by atomic mass is 16.6. The minimum atomic E-state index is -1.11. The minimum Gasteiger partial charge on any atom is -0.497 e. The number of carbonyl (C=O) groups is 1. The Morgan fingerprint density at radius 3 is 2.40 bits per heavy atom. The van der Waals surface area contributed by atoms with E-state index < -0.39 is 34.7 Å². The zero-order valence-electron chi connectivity index (χ0n) is 18.7. The lowest BCUT2D eigenvalue weighted by Gasteiger charge is -2.34. The monoisotopic (exact) mass is 471 g/mol. The number of non-ortho nitro benzene ring substituents is 1. The van der Waals surface area contributed by atoms with Crippen LogP contribution in [0.1, 0.15) is 27.4 Å². The Morgan fingerprint density at radius 1 is 0.971 bits per heavy atom. The SMILES string of the molecule is COc1ccc([C@H]2[C@H]([N+](=O)[O-])[C@@H]3C=Cc4ccccc4N3[C@@H]2C(=O)c2cccc([N+](=O)[O-])c2)cc1. The van der Waals surface area contributed by atoms with Crippen LogP contribution in [0, 0.1) is 20.2 Å². The van der Waals surface area contributed by atoms with E-state index in [9.17, 15) is 25.0 Å². The van der Waals surface area contributed by atoms with Gasteiger partial charge in [0.25, 0.3) is 5.69 Å². The number of nitro groups is 2. The quantitative estimate of drug-likeness (QED) is 0.295. The van der Waals surface area contributed by atoms with Crippen LogP contribution in [0.4, 0.5) is 11.4 Å². The van der Waals surface area contributed by atoms with Crippen molar-refractivity contribution in [2.24, 2.45) is 0 Å². The fourth-order valence-corrected chi connectivity index (χ4v) is 5.20.